The van der Waals surface area contributed by atoms with Gasteiger partial charge < -0.3 is 21.1 Å². The summed E-state index contributed by atoms with van der Waals surface area (Å²) in [5.74, 6) is 0.525. The molecule has 0 saturated carbocycles. The van der Waals surface area contributed by atoms with Gasteiger partial charge in [0.2, 0.25) is 5.91 Å². The molecule has 0 atom stereocenters. The monoisotopic (exact) mass is 342 g/mol. The first-order valence-corrected chi connectivity index (χ1v) is 8.00. The van der Waals surface area contributed by atoms with E-state index < -0.39 is 0 Å². The molecule has 0 unspecified atom stereocenters. The van der Waals surface area contributed by atoms with Crippen LogP contribution in [0.4, 0.5) is 5.69 Å². The van der Waals surface area contributed by atoms with Crippen molar-refractivity contribution in [2.75, 3.05) is 18.9 Å². The highest BCUT2D eigenvalue weighted by atomic mass is 16.5. The first kappa shape index (κ1) is 18.4. The number of ether oxygens (including phenoxy) is 1. The van der Waals surface area contributed by atoms with Crippen molar-refractivity contribution in [3.63, 3.8) is 0 Å². The van der Waals surface area contributed by atoms with E-state index in [1.165, 1.54) is 13.2 Å². The van der Waals surface area contributed by atoms with Crippen LogP contribution in [0.2, 0.25) is 0 Å². The maximum absolute atomic E-state index is 12.0. The molecule has 0 fully saturated rings. The average Bonchev–Trinajstić information content (AvgIpc) is 2.61. The summed E-state index contributed by atoms with van der Waals surface area (Å²) in [6.45, 7) is 2.39. The summed E-state index contributed by atoms with van der Waals surface area (Å²) in [5.41, 5.74) is 7.22. The van der Waals surface area contributed by atoms with E-state index in [0.717, 1.165) is 5.56 Å². The van der Waals surface area contributed by atoms with E-state index in [4.69, 9.17) is 10.5 Å². The average molecular weight is 342 g/mol. The molecule has 7 nitrogen and oxygen atoms in total. The van der Waals surface area contributed by atoms with E-state index in [0.29, 0.717) is 36.6 Å². The number of benzene rings is 1. The quantitative estimate of drug-likeness (QED) is 0.715. The Morgan fingerprint density at radius 1 is 1.24 bits per heavy atom. The highest BCUT2D eigenvalue weighted by Gasteiger charge is 2.11. The van der Waals surface area contributed by atoms with Crippen molar-refractivity contribution in [2.24, 2.45) is 5.73 Å². The Bertz CT molecular complexity index is 762. The van der Waals surface area contributed by atoms with Crippen LogP contribution in [0.3, 0.4) is 0 Å². The largest absolute Gasteiger partial charge is 0.455 e. The van der Waals surface area contributed by atoms with Crippen LogP contribution in [0.15, 0.2) is 36.5 Å². The number of anilines is 1. The molecule has 2 aromatic rings. The highest BCUT2D eigenvalue weighted by molar-refractivity contribution is 5.93. The van der Waals surface area contributed by atoms with Crippen molar-refractivity contribution in [1.82, 2.24) is 10.3 Å². The third-order valence-corrected chi connectivity index (χ3v) is 3.44. The smallest absolute Gasteiger partial charge is 0.269 e. The predicted molar refractivity (Wildman–Crippen MR) is 95.8 cm³/mol. The SMILES string of the molecule is CNC(=O)c1cc(Oc2cc(C)ccc2NC(=O)CCCN)ccn1. The van der Waals surface area contributed by atoms with E-state index in [2.05, 4.69) is 15.6 Å². The molecular weight excluding hydrogens is 320 g/mol. The maximum atomic E-state index is 12.0. The van der Waals surface area contributed by atoms with E-state index in [1.54, 1.807) is 18.2 Å². The Morgan fingerprint density at radius 2 is 2.04 bits per heavy atom. The van der Waals surface area contributed by atoms with Crippen LogP contribution in [0.25, 0.3) is 0 Å². The normalized spacial score (nSPS) is 10.2. The van der Waals surface area contributed by atoms with Crippen molar-refractivity contribution in [1.29, 1.82) is 0 Å². The molecule has 2 amide bonds. The molecule has 25 heavy (non-hydrogen) atoms. The Balaban J connectivity index is 2.22. The van der Waals surface area contributed by atoms with Gasteiger partial charge in [-0.1, -0.05) is 6.07 Å². The number of aromatic nitrogens is 1. The summed E-state index contributed by atoms with van der Waals surface area (Å²) >= 11 is 0. The summed E-state index contributed by atoms with van der Waals surface area (Å²) in [6.07, 6.45) is 2.46. The zero-order valence-electron chi connectivity index (χ0n) is 14.3. The molecule has 1 aromatic carbocycles. The summed E-state index contributed by atoms with van der Waals surface area (Å²) in [7, 11) is 1.53. The molecule has 0 aliphatic heterocycles. The zero-order chi connectivity index (χ0) is 18.2. The van der Waals surface area contributed by atoms with Gasteiger partial charge in [0.1, 0.15) is 11.4 Å². The lowest BCUT2D eigenvalue weighted by atomic mass is 10.2. The number of hydrogen-bond donors (Lipinski definition) is 3. The van der Waals surface area contributed by atoms with Crippen LogP contribution >= 0.6 is 0 Å². The van der Waals surface area contributed by atoms with Gasteiger partial charge in [-0.3, -0.25) is 14.6 Å². The number of nitrogens with one attached hydrogen (secondary N) is 2. The molecule has 0 spiro atoms. The minimum absolute atomic E-state index is 0.125. The van der Waals surface area contributed by atoms with Gasteiger partial charge in [0.25, 0.3) is 5.91 Å². The summed E-state index contributed by atoms with van der Waals surface area (Å²) in [5, 5.41) is 5.34. The number of nitrogens with two attached hydrogens (primary N) is 1. The van der Waals surface area contributed by atoms with Crippen LogP contribution in [-0.2, 0) is 4.79 Å². The van der Waals surface area contributed by atoms with Crippen molar-refractivity contribution in [3.8, 4) is 11.5 Å². The maximum Gasteiger partial charge on any atom is 0.269 e. The topological polar surface area (TPSA) is 106 Å². The molecule has 7 heteroatoms. The lowest BCUT2D eigenvalue weighted by Gasteiger charge is -2.13. The Morgan fingerprint density at radius 3 is 2.76 bits per heavy atom. The van der Waals surface area contributed by atoms with E-state index in [-0.39, 0.29) is 17.5 Å². The van der Waals surface area contributed by atoms with Crippen LogP contribution in [0.1, 0.15) is 28.9 Å². The Hall–Kier alpha value is -2.93. The lowest BCUT2D eigenvalue weighted by molar-refractivity contribution is -0.116. The number of amides is 2. The molecule has 0 radical (unpaired) electrons. The fourth-order valence-corrected chi connectivity index (χ4v) is 2.15. The molecule has 0 saturated heterocycles. The molecule has 1 aromatic heterocycles. The first-order valence-electron chi connectivity index (χ1n) is 8.00. The second kappa shape index (κ2) is 8.79. The van der Waals surface area contributed by atoms with Crippen LogP contribution < -0.4 is 21.1 Å². The van der Waals surface area contributed by atoms with Crippen molar-refractivity contribution < 1.29 is 14.3 Å². The third kappa shape index (κ3) is 5.29. The van der Waals surface area contributed by atoms with Gasteiger partial charge in [-0.05, 0) is 43.7 Å². The standard InChI is InChI=1S/C18H22N4O3/c1-12-5-6-14(22-17(23)4-3-8-19)16(10-12)25-13-7-9-21-15(11-13)18(24)20-2/h5-7,9-11H,3-4,8,19H2,1-2H3,(H,20,24)(H,22,23). The third-order valence-electron chi connectivity index (χ3n) is 3.44. The summed E-state index contributed by atoms with van der Waals surface area (Å²) in [4.78, 5) is 27.6. The zero-order valence-corrected chi connectivity index (χ0v) is 14.3. The molecule has 4 N–H and O–H groups in total. The first-order chi connectivity index (χ1) is 12.0. The number of rotatable bonds is 7. The van der Waals surface area contributed by atoms with Crippen LogP contribution in [-0.4, -0.2) is 30.4 Å². The Kier molecular flexibility index (Phi) is 6.47. The number of nitrogens with zero attached hydrogens (tertiary/aromatic N) is 1. The number of carbonyl (C=O) groups excluding carboxylic acids is 2. The van der Waals surface area contributed by atoms with Gasteiger partial charge in [0.15, 0.2) is 5.75 Å². The predicted octanol–water partition coefficient (Wildman–Crippen LogP) is 2.22. The number of pyridine rings is 1. The number of aryl methyl sites for hydroxylation is 1. The fraction of sp³-hybridized carbons (Fsp3) is 0.278. The van der Waals surface area contributed by atoms with Gasteiger partial charge in [0.05, 0.1) is 5.69 Å². The lowest BCUT2D eigenvalue weighted by Crippen LogP contribution is -2.19. The molecule has 0 aliphatic carbocycles. The van der Waals surface area contributed by atoms with E-state index in [9.17, 15) is 9.59 Å². The van der Waals surface area contributed by atoms with E-state index in [1.807, 2.05) is 19.1 Å². The summed E-state index contributed by atoms with van der Waals surface area (Å²) < 4.78 is 5.87. The highest BCUT2D eigenvalue weighted by Crippen LogP contribution is 2.31. The van der Waals surface area contributed by atoms with Gasteiger partial charge in [-0.2, -0.15) is 0 Å². The van der Waals surface area contributed by atoms with Gasteiger partial charge in [0, 0.05) is 25.7 Å². The molecular formula is C18H22N4O3. The minimum atomic E-state index is -0.301. The minimum Gasteiger partial charge on any atom is -0.455 e. The molecule has 132 valence electrons. The van der Waals surface area contributed by atoms with Gasteiger partial charge in [-0.15, -0.1) is 0 Å². The van der Waals surface area contributed by atoms with Crippen LogP contribution in [0, 0.1) is 6.92 Å². The summed E-state index contributed by atoms with van der Waals surface area (Å²) in [6, 6.07) is 8.67. The van der Waals surface area contributed by atoms with Crippen molar-refractivity contribution in [3.05, 3.63) is 47.8 Å². The van der Waals surface area contributed by atoms with Gasteiger partial charge in [-0.25, -0.2) is 0 Å². The Labute approximate surface area is 146 Å². The number of hydrogen-bond acceptors (Lipinski definition) is 5. The molecule has 0 aliphatic rings. The van der Waals surface area contributed by atoms with Gasteiger partial charge >= 0.3 is 0 Å². The fourth-order valence-electron chi connectivity index (χ4n) is 2.15. The molecule has 0 bridgehead atoms. The second-order valence-electron chi connectivity index (χ2n) is 5.50. The molecule has 1 heterocycles. The number of carbonyl (C=O) groups is 2. The molecule has 2 rings (SSSR count). The van der Waals surface area contributed by atoms with Crippen LogP contribution in [0.5, 0.6) is 11.5 Å². The van der Waals surface area contributed by atoms with Crippen molar-refractivity contribution >= 4 is 17.5 Å². The second-order valence-corrected chi connectivity index (χ2v) is 5.50. The van der Waals surface area contributed by atoms with E-state index >= 15 is 0 Å². The van der Waals surface area contributed by atoms with Crippen molar-refractivity contribution in [2.45, 2.75) is 19.8 Å².